The largest absolute Gasteiger partial charge is 0.481 e. The van der Waals surface area contributed by atoms with Crippen molar-refractivity contribution in [2.75, 3.05) is 12.4 Å². The molecule has 6 heteroatoms. The van der Waals surface area contributed by atoms with Crippen LogP contribution in [0.5, 0.6) is 5.88 Å². The maximum absolute atomic E-state index is 13.1. The number of rotatable bonds is 3. The molecule has 0 spiro atoms. The van der Waals surface area contributed by atoms with Crippen LogP contribution in [0.1, 0.15) is 15.9 Å². The van der Waals surface area contributed by atoms with Gasteiger partial charge in [-0.05, 0) is 30.7 Å². The van der Waals surface area contributed by atoms with E-state index in [1.54, 1.807) is 20.0 Å². The molecule has 0 saturated heterocycles. The van der Waals surface area contributed by atoms with Crippen molar-refractivity contribution in [3.05, 3.63) is 41.2 Å². The fourth-order valence-corrected chi connectivity index (χ4v) is 1.68. The van der Waals surface area contributed by atoms with Gasteiger partial charge in [0.1, 0.15) is 5.82 Å². The van der Waals surface area contributed by atoms with E-state index in [9.17, 15) is 9.18 Å². The van der Waals surface area contributed by atoms with Crippen molar-refractivity contribution >= 4 is 11.7 Å². The third kappa shape index (κ3) is 2.73. The molecule has 0 aliphatic heterocycles. The number of ether oxygens (including phenoxy) is 1. The summed E-state index contributed by atoms with van der Waals surface area (Å²) in [5.74, 6) is 0.233. The molecule has 1 amide bonds. The number of hydrogen-bond acceptors (Lipinski definition) is 3. The van der Waals surface area contributed by atoms with E-state index < -0.39 is 0 Å². The first-order chi connectivity index (χ1) is 9.01. The molecule has 1 aromatic heterocycles. The lowest BCUT2D eigenvalue weighted by Crippen LogP contribution is -2.12. The number of anilines is 1. The van der Waals surface area contributed by atoms with Crippen LogP contribution in [0.3, 0.4) is 0 Å². The van der Waals surface area contributed by atoms with Crippen LogP contribution >= 0.6 is 0 Å². The highest BCUT2D eigenvalue weighted by atomic mass is 19.1. The zero-order valence-electron chi connectivity index (χ0n) is 10.9. The number of benzene rings is 1. The van der Waals surface area contributed by atoms with Gasteiger partial charge >= 0.3 is 0 Å². The number of carbonyl (C=O) groups excluding carboxylic acids is 1. The number of nitrogens with one attached hydrogen (secondary N) is 1. The van der Waals surface area contributed by atoms with Gasteiger partial charge in [0.15, 0.2) is 5.82 Å². The molecule has 0 saturated carbocycles. The maximum atomic E-state index is 13.1. The average Bonchev–Trinajstić information content (AvgIpc) is 2.72. The molecular formula is C13H14FN3O2. The van der Waals surface area contributed by atoms with E-state index in [-0.39, 0.29) is 11.7 Å². The average molecular weight is 263 g/mol. The Morgan fingerprint density at radius 1 is 1.42 bits per heavy atom. The Balaban J connectivity index is 2.18. The van der Waals surface area contributed by atoms with Gasteiger partial charge in [0, 0.05) is 18.7 Å². The molecule has 0 aliphatic rings. The van der Waals surface area contributed by atoms with Gasteiger partial charge in [-0.15, -0.1) is 0 Å². The Labute approximate surface area is 110 Å². The second kappa shape index (κ2) is 5.09. The van der Waals surface area contributed by atoms with Gasteiger partial charge in [0.2, 0.25) is 5.88 Å². The minimum Gasteiger partial charge on any atom is -0.481 e. The molecule has 100 valence electrons. The number of aryl methyl sites for hydroxylation is 2. The van der Waals surface area contributed by atoms with Crippen molar-refractivity contribution < 1.29 is 13.9 Å². The first-order valence-electron chi connectivity index (χ1n) is 5.67. The van der Waals surface area contributed by atoms with Crippen molar-refractivity contribution in [2.24, 2.45) is 7.05 Å². The monoisotopic (exact) mass is 263 g/mol. The van der Waals surface area contributed by atoms with Gasteiger partial charge in [-0.2, -0.15) is 5.10 Å². The third-order valence-electron chi connectivity index (χ3n) is 2.71. The number of halogens is 1. The quantitative estimate of drug-likeness (QED) is 0.923. The second-order valence-electron chi connectivity index (χ2n) is 4.11. The Kier molecular flexibility index (Phi) is 3.50. The second-order valence-corrected chi connectivity index (χ2v) is 4.11. The van der Waals surface area contributed by atoms with Gasteiger partial charge in [0.25, 0.3) is 5.91 Å². The van der Waals surface area contributed by atoms with Gasteiger partial charge in [-0.25, -0.2) is 9.07 Å². The highest BCUT2D eigenvalue weighted by molar-refractivity contribution is 6.03. The zero-order valence-corrected chi connectivity index (χ0v) is 10.9. The highest BCUT2D eigenvalue weighted by Crippen LogP contribution is 2.16. The Morgan fingerprint density at radius 2 is 2.16 bits per heavy atom. The van der Waals surface area contributed by atoms with Crippen molar-refractivity contribution in [1.29, 1.82) is 0 Å². The van der Waals surface area contributed by atoms with Crippen LogP contribution < -0.4 is 10.1 Å². The zero-order chi connectivity index (χ0) is 14.0. The SMILES string of the molecule is COc1cc(NC(=O)c2ccc(F)c(C)c2)nn1C. The number of carbonyl (C=O) groups is 1. The van der Waals surface area contributed by atoms with Crippen LogP contribution in [0.25, 0.3) is 0 Å². The summed E-state index contributed by atoms with van der Waals surface area (Å²) in [6, 6.07) is 5.79. The molecule has 0 aliphatic carbocycles. The van der Waals surface area contributed by atoms with Gasteiger partial charge in [-0.1, -0.05) is 0 Å². The van der Waals surface area contributed by atoms with E-state index in [1.165, 1.54) is 30.0 Å². The number of methoxy groups -OCH3 is 1. The van der Waals surface area contributed by atoms with Crippen LogP contribution in [0.4, 0.5) is 10.2 Å². The fourth-order valence-electron chi connectivity index (χ4n) is 1.68. The van der Waals surface area contributed by atoms with Gasteiger partial charge in [-0.3, -0.25) is 4.79 Å². The van der Waals surface area contributed by atoms with E-state index in [0.717, 1.165) is 0 Å². The minimum absolute atomic E-state index is 0.337. The number of hydrogen-bond donors (Lipinski definition) is 1. The van der Waals surface area contributed by atoms with Crippen molar-refractivity contribution in [3.63, 3.8) is 0 Å². The molecule has 19 heavy (non-hydrogen) atoms. The number of aromatic nitrogens is 2. The predicted octanol–water partition coefficient (Wildman–Crippen LogP) is 2.13. The molecule has 2 aromatic rings. The fraction of sp³-hybridized carbons (Fsp3) is 0.231. The Hall–Kier alpha value is -2.37. The number of nitrogens with zero attached hydrogens (tertiary/aromatic N) is 2. The highest BCUT2D eigenvalue weighted by Gasteiger charge is 2.11. The summed E-state index contributed by atoms with van der Waals surface area (Å²) >= 11 is 0. The first kappa shape index (κ1) is 13.1. The van der Waals surface area contributed by atoms with Crippen LogP contribution in [0.15, 0.2) is 24.3 Å². The van der Waals surface area contributed by atoms with Crippen LogP contribution in [0.2, 0.25) is 0 Å². The lowest BCUT2D eigenvalue weighted by atomic mass is 10.1. The van der Waals surface area contributed by atoms with Gasteiger partial charge in [0.05, 0.1) is 7.11 Å². The molecule has 5 nitrogen and oxygen atoms in total. The molecule has 0 unspecified atom stereocenters. The number of amides is 1. The summed E-state index contributed by atoms with van der Waals surface area (Å²) in [4.78, 5) is 12.0. The normalized spacial score (nSPS) is 10.3. The van der Waals surface area contributed by atoms with Crippen molar-refractivity contribution in [2.45, 2.75) is 6.92 Å². The molecule has 1 aromatic carbocycles. The standard InChI is InChI=1S/C13H14FN3O2/c1-8-6-9(4-5-10(8)14)13(18)15-11-7-12(19-3)17(2)16-11/h4-7H,1-3H3,(H,15,16,18). The summed E-state index contributed by atoms with van der Waals surface area (Å²) in [6.45, 7) is 1.61. The van der Waals surface area contributed by atoms with E-state index in [4.69, 9.17) is 4.74 Å². The van der Waals surface area contributed by atoms with Crippen molar-refractivity contribution in [1.82, 2.24) is 9.78 Å². The summed E-state index contributed by atoms with van der Waals surface area (Å²) in [6.07, 6.45) is 0. The molecule has 0 bridgehead atoms. The van der Waals surface area contributed by atoms with E-state index >= 15 is 0 Å². The van der Waals surface area contributed by atoms with E-state index in [1.807, 2.05) is 0 Å². The van der Waals surface area contributed by atoms with Crippen molar-refractivity contribution in [3.8, 4) is 5.88 Å². The molecular weight excluding hydrogens is 249 g/mol. The smallest absolute Gasteiger partial charge is 0.256 e. The summed E-state index contributed by atoms with van der Waals surface area (Å²) in [5, 5.41) is 6.70. The molecule has 2 rings (SSSR count). The van der Waals surface area contributed by atoms with Crippen LogP contribution in [0, 0.1) is 12.7 Å². The van der Waals surface area contributed by atoms with Crippen LogP contribution in [-0.2, 0) is 7.05 Å². The Bertz CT molecular complexity index is 622. The summed E-state index contributed by atoms with van der Waals surface area (Å²) < 4.78 is 19.7. The molecule has 0 fully saturated rings. The maximum Gasteiger partial charge on any atom is 0.256 e. The van der Waals surface area contributed by atoms with Gasteiger partial charge < -0.3 is 10.1 Å². The first-order valence-corrected chi connectivity index (χ1v) is 5.67. The molecule has 1 N–H and O–H groups in total. The van der Waals surface area contributed by atoms with E-state index in [0.29, 0.717) is 22.8 Å². The lowest BCUT2D eigenvalue weighted by molar-refractivity contribution is 0.102. The topological polar surface area (TPSA) is 56.1 Å². The summed E-state index contributed by atoms with van der Waals surface area (Å²) in [7, 11) is 3.22. The molecule has 1 heterocycles. The van der Waals surface area contributed by atoms with Crippen LogP contribution in [-0.4, -0.2) is 22.8 Å². The molecule has 0 atom stereocenters. The van der Waals surface area contributed by atoms with E-state index in [2.05, 4.69) is 10.4 Å². The summed E-state index contributed by atoms with van der Waals surface area (Å²) in [5.41, 5.74) is 0.801. The minimum atomic E-state index is -0.344. The predicted molar refractivity (Wildman–Crippen MR) is 68.9 cm³/mol. The lowest BCUT2D eigenvalue weighted by Gasteiger charge is -2.03. The Morgan fingerprint density at radius 3 is 2.74 bits per heavy atom. The molecule has 0 radical (unpaired) electrons. The third-order valence-corrected chi connectivity index (χ3v) is 2.71.